The molecule has 0 aromatic carbocycles. The van der Waals surface area contributed by atoms with Crippen molar-refractivity contribution in [2.75, 3.05) is 23.5 Å². The summed E-state index contributed by atoms with van der Waals surface area (Å²) in [4.78, 5) is 12.2. The molecule has 2 aromatic rings. The third-order valence-electron chi connectivity index (χ3n) is 2.38. The zero-order chi connectivity index (χ0) is 13.3. The Bertz CT molecular complexity index is 699. The Morgan fingerprint density at radius 2 is 2.00 bits per heavy atom. The number of rotatable bonds is 3. The Balaban J connectivity index is 2.40. The maximum atomic E-state index is 11.1. The first-order chi connectivity index (χ1) is 8.35. The van der Waals surface area contributed by atoms with Crippen molar-refractivity contribution in [3.05, 3.63) is 18.1 Å². The first-order valence-electron chi connectivity index (χ1n) is 5.20. The highest BCUT2D eigenvalue weighted by molar-refractivity contribution is 7.90. The average Bonchev–Trinajstić information content (AvgIpc) is 2.26. The van der Waals surface area contributed by atoms with Gasteiger partial charge in [-0.15, -0.1) is 0 Å². The van der Waals surface area contributed by atoms with E-state index in [-0.39, 0.29) is 18.0 Å². The molecule has 0 aliphatic heterocycles. The van der Waals surface area contributed by atoms with E-state index in [0.717, 1.165) is 0 Å². The third kappa shape index (κ3) is 2.83. The summed E-state index contributed by atoms with van der Waals surface area (Å²) in [5.74, 6) is 0.983. The number of aryl methyl sites for hydroxylation is 1. The summed E-state index contributed by atoms with van der Waals surface area (Å²) in [5, 5.41) is 0.616. The molecule has 0 spiro atoms. The minimum absolute atomic E-state index is 0.0135. The summed E-state index contributed by atoms with van der Waals surface area (Å²) < 4.78 is 22.2. The van der Waals surface area contributed by atoms with Gasteiger partial charge >= 0.3 is 0 Å². The number of nitrogen functional groups attached to an aromatic ring is 2. The summed E-state index contributed by atoms with van der Waals surface area (Å²) in [7, 11) is -3.05. The molecule has 0 saturated heterocycles. The first kappa shape index (κ1) is 12.5. The summed E-state index contributed by atoms with van der Waals surface area (Å²) >= 11 is 0. The number of hydrogen-bond acceptors (Lipinski definition) is 7. The van der Waals surface area contributed by atoms with Gasteiger partial charge in [0.05, 0.1) is 17.5 Å². The highest BCUT2D eigenvalue weighted by Crippen LogP contribution is 2.18. The molecule has 0 unspecified atom stereocenters. The molecule has 2 heterocycles. The van der Waals surface area contributed by atoms with Gasteiger partial charge in [0, 0.05) is 18.1 Å². The van der Waals surface area contributed by atoms with E-state index in [1.807, 2.05) is 0 Å². The van der Waals surface area contributed by atoms with Crippen LogP contribution in [0.15, 0.2) is 12.3 Å². The van der Waals surface area contributed by atoms with E-state index < -0.39 is 9.84 Å². The normalized spacial score (nSPS) is 11.8. The molecule has 0 amide bonds. The number of anilines is 2. The number of fused-ring (bicyclic) bond motifs is 1. The first-order valence-corrected chi connectivity index (χ1v) is 7.26. The smallest absolute Gasteiger partial charge is 0.147 e. The SMILES string of the molecule is CS(=O)(=O)CCc1nc(N)c2cc(N)ncc2n1. The maximum Gasteiger partial charge on any atom is 0.147 e. The lowest BCUT2D eigenvalue weighted by atomic mass is 10.2. The van der Waals surface area contributed by atoms with Crippen molar-refractivity contribution in [2.24, 2.45) is 0 Å². The Labute approximate surface area is 104 Å². The number of pyridine rings is 1. The minimum atomic E-state index is -3.05. The molecule has 96 valence electrons. The Morgan fingerprint density at radius 3 is 2.67 bits per heavy atom. The van der Waals surface area contributed by atoms with Crippen LogP contribution in [-0.2, 0) is 16.3 Å². The van der Waals surface area contributed by atoms with Gasteiger partial charge < -0.3 is 11.5 Å². The monoisotopic (exact) mass is 267 g/mol. The van der Waals surface area contributed by atoms with E-state index in [9.17, 15) is 8.42 Å². The van der Waals surface area contributed by atoms with Crippen molar-refractivity contribution in [3.8, 4) is 0 Å². The minimum Gasteiger partial charge on any atom is -0.384 e. The van der Waals surface area contributed by atoms with Crippen LogP contribution in [0.4, 0.5) is 11.6 Å². The molecule has 2 rings (SSSR count). The second-order valence-electron chi connectivity index (χ2n) is 4.03. The van der Waals surface area contributed by atoms with E-state index in [0.29, 0.717) is 22.5 Å². The summed E-state index contributed by atoms with van der Waals surface area (Å²) in [5.41, 5.74) is 11.9. The van der Waals surface area contributed by atoms with Crippen molar-refractivity contribution < 1.29 is 8.42 Å². The predicted molar refractivity (Wildman–Crippen MR) is 69.6 cm³/mol. The largest absolute Gasteiger partial charge is 0.384 e. The molecule has 4 N–H and O–H groups in total. The van der Waals surface area contributed by atoms with Gasteiger partial charge in [-0.05, 0) is 6.07 Å². The van der Waals surface area contributed by atoms with E-state index in [1.165, 1.54) is 12.5 Å². The van der Waals surface area contributed by atoms with Crippen LogP contribution in [0.2, 0.25) is 0 Å². The molecule has 8 heteroatoms. The predicted octanol–water partition coefficient (Wildman–Crippen LogP) is -0.224. The van der Waals surface area contributed by atoms with Crippen LogP contribution in [-0.4, -0.2) is 35.4 Å². The van der Waals surface area contributed by atoms with Crippen molar-refractivity contribution in [2.45, 2.75) is 6.42 Å². The zero-order valence-corrected chi connectivity index (χ0v) is 10.6. The van der Waals surface area contributed by atoms with E-state index in [2.05, 4.69) is 15.0 Å². The standard InChI is InChI=1S/C10H13N5O2S/c1-18(16,17)3-2-9-14-7-5-13-8(11)4-6(7)10(12)15-9/h4-5H,2-3H2,1H3,(H2,11,13)(H2,12,14,15). The highest BCUT2D eigenvalue weighted by Gasteiger charge is 2.09. The Kier molecular flexibility index (Phi) is 3.04. The molecule has 0 aliphatic rings. The molecular weight excluding hydrogens is 254 g/mol. The van der Waals surface area contributed by atoms with Gasteiger partial charge in [-0.2, -0.15) is 0 Å². The van der Waals surface area contributed by atoms with Crippen molar-refractivity contribution >= 4 is 32.4 Å². The lowest BCUT2D eigenvalue weighted by molar-refractivity contribution is 0.600. The van der Waals surface area contributed by atoms with Crippen LogP contribution in [0.1, 0.15) is 5.82 Å². The van der Waals surface area contributed by atoms with Gasteiger partial charge in [0.25, 0.3) is 0 Å². The quantitative estimate of drug-likeness (QED) is 0.787. The van der Waals surface area contributed by atoms with Gasteiger partial charge in [0.15, 0.2) is 0 Å². The van der Waals surface area contributed by atoms with Gasteiger partial charge in [-0.1, -0.05) is 0 Å². The van der Waals surface area contributed by atoms with Crippen LogP contribution >= 0.6 is 0 Å². The van der Waals surface area contributed by atoms with E-state index in [4.69, 9.17) is 11.5 Å². The van der Waals surface area contributed by atoms with Gasteiger partial charge in [0.2, 0.25) is 0 Å². The van der Waals surface area contributed by atoms with Gasteiger partial charge in [-0.3, -0.25) is 0 Å². The summed E-state index contributed by atoms with van der Waals surface area (Å²) in [6.07, 6.45) is 2.88. The van der Waals surface area contributed by atoms with Crippen molar-refractivity contribution in [3.63, 3.8) is 0 Å². The van der Waals surface area contributed by atoms with Gasteiger partial charge in [-0.25, -0.2) is 23.4 Å². The Hall–Kier alpha value is -1.96. The lowest BCUT2D eigenvalue weighted by Gasteiger charge is -2.05. The van der Waals surface area contributed by atoms with Gasteiger partial charge in [0.1, 0.15) is 27.3 Å². The fraction of sp³-hybridized carbons (Fsp3) is 0.300. The van der Waals surface area contributed by atoms with Crippen molar-refractivity contribution in [1.82, 2.24) is 15.0 Å². The third-order valence-corrected chi connectivity index (χ3v) is 3.32. The van der Waals surface area contributed by atoms with Crippen LogP contribution in [0.3, 0.4) is 0 Å². The molecule has 18 heavy (non-hydrogen) atoms. The molecule has 0 fully saturated rings. The molecule has 2 aromatic heterocycles. The van der Waals surface area contributed by atoms with Crippen molar-refractivity contribution in [1.29, 1.82) is 0 Å². The zero-order valence-electron chi connectivity index (χ0n) is 9.79. The second-order valence-corrected chi connectivity index (χ2v) is 6.29. The molecular formula is C10H13N5O2S. The van der Waals surface area contributed by atoms with E-state index in [1.54, 1.807) is 6.07 Å². The molecule has 0 saturated carbocycles. The van der Waals surface area contributed by atoms with Crippen LogP contribution in [0, 0.1) is 0 Å². The van der Waals surface area contributed by atoms with E-state index >= 15 is 0 Å². The summed E-state index contributed by atoms with van der Waals surface area (Å²) in [6.45, 7) is 0. The molecule has 0 bridgehead atoms. The molecule has 0 atom stereocenters. The Morgan fingerprint density at radius 1 is 1.28 bits per heavy atom. The molecule has 0 aliphatic carbocycles. The van der Waals surface area contributed by atoms with Crippen LogP contribution in [0.5, 0.6) is 0 Å². The van der Waals surface area contributed by atoms with Crippen LogP contribution < -0.4 is 11.5 Å². The number of nitrogens with two attached hydrogens (primary N) is 2. The fourth-order valence-corrected chi connectivity index (χ4v) is 2.06. The number of aromatic nitrogens is 3. The fourth-order valence-electron chi connectivity index (χ4n) is 1.51. The number of sulfone groups is 1. The summed E-state index contributed by atoms with van der Waals surface area (Å²) in [6, 6.07) is 1.59. The van der Waals surface area contributed by atoms with Crippen LogP contribution in [0.25, 0.3) is 10.9 Å². The maximum absolute atomic E-state index is 11.1. The molecule has 0 radical (unpaired) electrons. The number of hydrogen-bond donors (Lipinski definition) is 2. The molecule has 7 nitrogen and oxygen atoms in total. The topological polar surface area (TPSA) is 125 Å². The lowest BCUT2D eigenvalue weighted by Crippen LogP contribution is -2.10. The second kappa shape index (κ2) is 4.37. The average molecular weight is 267 g/mol. The highest BCUT2D eigenvalue weighted by atomic mass is 32.2. The number of nitrogens with zero attached hydrogens (tertiary/aromatic N) is 3.